The average molecular weight is 422 g/mol. The van der Waals surface area contributed by atoms with Crippen LogP contribution in [0.3, 0.4) is 0 Å². The zero-order valence-electron chi connectivity index (χ0n) is 18.1. The highest BCUT2D eigenvalue weighted by molar-refractivity contribution is 7.89. The monoisotopic (exact) mass is 421 g/mol. The lowest BCUT2D eigenvalue weighted by molar-refractivity contribution is 0.389. The zero-order chi connectivity index (χ0) is 21.3. The van der Waals surface area contributed by atoms with E-state index in [0.717, 1.165) is 30.3 Å². The van der Waals surface area contributed by atoms with Gasteiger partial charge in [0.15, 0.2) is 5.76 Å². The fourth-order valence-electron chi connectivity index (χ4n) is 3.52. The molecular formula is C20H31N5O3S. The number of aryl methyl sites for hydroxylation is 2. The van der Waals surface area contributed by atoms with E-state index in [2.05, 4.69) is 37.8 Å². The van der Waals surface area contributed by atoms with Crippen LogP contribution in [-0.2, 0) is 10.0 Å². The van der Waals surface area contributed by atoms with Crippen molar-refractivity contribution in [1.82, 2.24) is 19.4 Å². The minimum Gasteiger partial charge on any atom is -0.360 e. The molecule has 0 bridgehead atoms. The van der Waals surface area contributed by atoms with E-state index >= 15 is 0 Å². The Hall–Kier alpha value is -2.00. The average Bonchev–Trinajstić information content (AvgIpc) is 2.86. The second-order valence-electron chi connectivity index (χ2n) is 8.22. The molecule has 0 saturated carbocycles. The van der Waals surface area contributed by atoms with Crippen molar-refractivity contribution in [2.45, 2.75) is 64.7 Å². The summed E-state index contributed by atoms with van der Waals surface area (Å²) >= 11 is 0. The van der Waals surface area contributed by atoms with E-state index in [0.29, 0.717) is 37.0 Å². The van der Waals surface area contributed by atoms with Crippen molar-refractivity contribution >= 4 is 15.8 Å². The topological polar surface area (TPSA) is 92.4 Å². The van der Waals surface area contributed by atoms with Gasteiger partial charge in [0.1, 0.15) is 22.2 Å². The molecule has 29 heavy (non-hydrogen) atoms. The van der Waals surface area contributed by atoms with Gasteiger partial charge in [0, 0.05) is 43.9 Å². The molecule has 0 amide bonds. The fourth-order valence-corrected chi connectivity index (χ4v) is 5.28. The third-order valence-electron chi connectivity index (χ3n) is 5.20. The first-order chi connectivity index (χ1) is 13.6. The van der Waals surface area contributed by atoms with Gasteiger partial charge in [0.25, 0.3) is 0 Å². The first-order valence-corrected chi connectivity index (χ1v) is 11.6. The molecule has 9 heteroatoms. The van der Waals surface area contributed by atoms with Crippen LogP contribution in [0.4, 0.5) is 5.82 Å². The molecule has 160 valence electrons. The Morgan fingerprint density at radius 3 is 2.31 bits per heavy atom. The van der Waals surface area contributed by atoms with Gasteiger partial charge in [0.05, 0.1) is 0 Å². The molecule has 1 aliphatic rings. The molecule has 3 rings (SSSR count). The Balaban J connectivity index is 1.85. The molecule has 1 aliphatic heterocycles. The smallest absolute Gasteiger partial charge is 0.248 e. The summed E-state index contributed by atoms with van der Waals surface area (Å²) in [6.07, 6.45) is 0.723. The summed E-state index contributed by atoms with van der Waals surface area (Å²) in [7, 11) is -3.63. The Labute approximate surface area is 173 Å². The molecule has 8 nitrogen and oxygen atoms in total. The van der Waals surface area contributed by atoms with Crippen LogP contribution in [-0.4, -0.2) is 54.0 Å². The number of hydrogen-bond donors (Lipinski definition) is 0. The van der Waals surface area contributed by atoms with Crippen LogP contribution in [0.2, 0.25) is 0 Å². The molecule has 0 unspecified atom stereocenters. The molecule has 0 N–H and O–H groups in total. The summed E-state index contributed by atoms with van der Waals surface area (Å²) in [6, 6.07) is 2.04. The lowest BCUT2D eigenvalue weighted by atomic mass is 10.1. The molecule has 0 radical (unpaired) electrons. The molecule has 0 aromatic carbocycles. The molecule has 0 atom stereocenters. The van der Waals surface area contributed by atoms with E-state index in [1.807, 2.05) is 6.07 Å². The van der Waals surface area contributed by atoms with Gasteiger partial charge in [-0.3, -0.25) is 0 Å². The van der Waals surface area contributed by atoms with Crippen LogP contribution in [0.25, 0.3) is 0 Å². The van der Waals surface area contributed by atoms with Gasteiger partial charge in [-0.15, -0.1) is 0 Å². The lowest BCUT2D eigenvalue weighted by Crippen LogP contribution is -2.36. The van der Waals surface area contributed by atoms with E-state index in [1.54, 1.807) is 13.8 Å². The van der Waals surface area contributed by atoms with Crippen molar-refractivity contribution in [1.29, 1.82) is 0 Å². The Kier molecular flexibility index (Phi) is 6.28. The molecule has 0 aliphatic carbocycles. The van der Waals surface area contributed by atoms with Gasteiger partial charge >= 0.3 is 0 Å². The summed E-state index contributed by atoms with van der Waals surface area (Å²) in [5, 5.41) is 3.81. The Morgan fingerprint density at radius 1 is 1.00 bits per heavy atom. The van der Waals surface area contributed by atoms with E-state index in [-0.39, 0.29) is 10.8 Å². The van der Waals surface area contributed by atoms with Crippen molar-refractivity contribution < 1.29 is 12.9 Å². The molecule has 2 aromatic rings. The summed E-state index contributed by atoms with van der Waals surface area (Å²) in [5.74, 6) is 2.58. The van der Waals surface area contributed by atoms with Crippen LogP contribution in [0.15, 0.2) is 15.5 Å². The van der Waals surface area contributed by atoms with Crippen LogP contribution >= 0.6 is 0 Å². The summed E-state index contributed by atoms with van der Waals surface area (Å²) < 4.78 is 32.9. The lowest BCUT2D eigenvalue weighted by Gasteiger charge is -2.24. The molecule has 1 saturated heterocycles. The van der Waals surface area contributed by atoms with Gasteiger partial charge in [-0.25, -0.2) is 18.4 Å². The van der Waals surface area contributed by atoms with E-state index in [1.165, 1.54) is 4.31 Å². The fraction of sp³-hybridized carbons (Fsp3) is 0.650. The highest BCUT2D eigenvalue weighted by Crippen LogP contribution is 2.26. The minimum absolute atomic E-state index is 0.192. The van der Waals surface area contributed by atoms with Gasteiger partial charge in [-0.05, 0) is 26.2 Å². The summed E-state index contributed by atoms with van der Waals surface area (Å²) in [4.78, 5) is 11.8. The molecule has 2 aromatic heterocycles. The molecule has 0 spiro atoms. The minimum atomic E-state index is -3.63. The Morgan fingerprint density at radius 2 is 1.72 bits per heavy atom. The maximum atomic E-state index is 13.2. The first kappa shape index (κ1) is 21.7. The molecule has 3 heterocycles. The number of sulfonamides is 1. The number of nitrogens with zero attached hydrogens (tertiary/aromatic N) is 5. The van der Waals surface area contributed by atoms with E-state index in [9.17, 15) is 8.42 Å². The van der Waals surface area contributed by atoms with Crippen molar-refractivity contribution in [2.75, 3.05) is 31.1 Å². The Bertz CT molecular complexity index is 923. The largest absolute Gasteiger partial charge is 0.360 e. The molecular weight excluding hydrogens is 390 g/mol. The van der Waals surface area contributed by atoms with Gasteiger partial charge in [0.2, 0.25) is 10.0 Å². The normalized spacial score (nSPS) is 16.6. The van der Waals surface area contributed by atoms with Crippen LogP contribution < -0.4 is 4.90 Å². The van der Waals surface area contributed by atoms with Crippen molar-refractivity contribution in [3.05, 3.63) is 29.0 Å². The second kappa shape index (κ2) is 8.39. The van der Waals surface area contributed by atoms with Crippen molar-refractivity contribution in [3.63, 3.8) is 0 Å². The first-order valence-electron chi connectivity index (χ1n) is 10.2. The van der Waals surface area contributed by atoms with Gasteiger partial charge in [-0.2, -0.15) is 4.31 Å². The SMILES string of the molecule is Cc1noc(C)c1S(=O)(=O)N1CCCN(c2cc(C(C)C)nc(C(C)C)n2)CC1. The predicted octanol–water partition coefficient (Wildman–Crippen LogP) is 3.23. The van der Waals surface area contributed by atoms with Gasteiger partial charge in [-0.1, -0.05) is 32.9 Å². The maximum absolute atomic E-state index is 13.2. The highest BCUT2D eigenvalue weighted by atomic mass is 32.2. The van der Waals surface area contributed by atoms with Crippen LogP contribution in [0.5, 0.6) is 0 Å². The number of rotatable bonds is 5. The zero-order valence-corrected chi connectivity index (χ0v) is 19.0. The number of anilines is 1. The van der Waals surface area contributed by atoms with E-state index in [4.69, 9.17) is 14.5 Å². The third-order valence-corrected chi connectivity index (χ3v) is 7.35. The standard InChI is InChI=1S/C20H31N5O3S/c1-13(2)17-12-18(22-20(21-17)14(3)4)24-8-7-9-25(11-10-24)29(26,27)19-15(5)23-28-16(19)6/h12-14H,7-11H2,1-6H3. The quantitative estimate of drug-likeness (QED) is 0.732. The van der Waals surface area contributed by atoms with Crippen LogP contribution in [0, 0.1) is 13.8 Å². The maximum Gasteiger partial charge on any atom is 0.248 e. The number of hydrogen-bond acceptors (Lipinski definition) is 7. The summed E-state index contributed by atoms with van der Waals surface area (Å²) in [5.41, 5.74) is 1.42. The summed E-state index contributed by atoms with van der Waals surface area (Å²) in [6.45, 7) is 13.9. The molecule has 1 fully saturated rings. The van der Waals surface area contributed by atoms with Gasteiger partial charge < -0.3 is 9.42 Å². The van der Waals surface area contributed by atoms with Crippen molar-refractivity contribution in [3.8, 4) is 0 Å². The second-order valence-corrected chi connectivity index (χ2v) is 10.1. The van der Waals surface area contributed by atoms with E-state index < -0.39 is 10.0 Å². The number of aromatic nitrogens is 3. The third kappa shape index (κ3) is 4.45. The predicted molar refractivity (Wildman–Crippen MR) is 112 cm³/mol. The van der Waals surface area contributed by atoms with Crippen molar-refractivity contribution in [2.24, 2.45) is 0 Å². The highest BCUT2D eigenvalue weighted by Gasteiger charge is 2.32. The van der Waals surface area contributed by atoms with Crippen LogP contribution in [0.1, 0.15) is 68.9 Å².